The predicted molar refractivity (Wildman–Crippen MR) is 176 cm³/mol. The van der Waals surface area contributed by atoms with Crippen molar-refractivity contribution < 1.29 is 28.9 Å². The molecule has 1 N–H and O–H groups in total. The van der Waals surface area contributed by atoms with E-state index in [2.05, 4.69) is 34.5 Å². The van der Waals surface area contributed by atoms with Crippen LogP contribution in [0, 0.1) is 6.92 Å². The minimum Gasteiger partial charge on any atom is -0.507 e. The van der Waals surface area contributed by atoms with Crippen molar-refractivity contribution in [2.45, 2.75) is 50.3 Å². The van der Waals surface area contributed by atoms with Gasteiger partial charge in [-0.3, -0.25) is 14.5 Å². The molecule has 3 aromatic carbocycles. The third kappa shape index (κ3) is 7.15. The number of carbonyl (C=O) groups is 2. The Kier molecular flexibility index (Phi) is 10.4. The number of nitrogens with zero attached hydrogens (tertiary/aromatic N) is 3. The van der Waals surface area contributed by atoms with Crippen LogP contribution >= 0.6 is 23.1 Å². The Bertz CT molecular complexity index is 1690. The van der Waals surface area contributed by atoms with Gasteiger partial charge in [-0.2, -0.15) is 0 Å². The normalized spacial score (nSPS) is 15.8. The quantitative estimate of drug-likeness (QED) is 0.0524. The van der Waals surface area contributed by atoms with Crippen molar-refractivity contribution in [1.29, 1.82) is 0 Å². The molecule has 1 saturated heterocycles. The number of ether oxygens (including phenoxy) is 3. The molecule has 11 heteroatoms. The van der Waals surface area contributed by atoms with Crippen LogP contribution in [-0.4, -0.2) is 46.8 Å². The highest BCUT2D eigenvalue weighted by atomic mass is 32.2. The lowest BCUT2D eigenvalue weighted by molar-refractivity contribution is -0.132. The first-order valence-corrected chi connectivity index (χ1v) is 16.6. The largest absolute Gasteiger partial charge is 0.507 e. The van der Waals surface area contributed by atoms with Crippen molar-refractivity contribution in [2.24, 2.45) is 0 Å². The van der Waals surface area contributed by atoms with Crippen molar-refractivity contribution in [2.75, 3.05) is 24.7 Å². The fraction of sp³-hybridized carbons (Fsp3) is 0.294. The Hall–Kier alpha value is -4.35. The Morgan fingerprint density at radius 3 is 2.31 bits per heavy atom. The maximum absolute atomic E-state index is 13.7. The molecule has 1 aliphatic rings. The third-order valence-corrected chi connectivity index (χ3v) is 9.14. The number of amides is 1. The molecule has 0 aliphatic carbocycles. The van der Waals surface area contributed by atoms with Crippen LogP contribution in [0.4, 0.5) is 5.13 Å². The second kappa shape index (κ2) is 14.6. The molecule has 234 valence electrons. The lowest BCUT2D eigenvalue weighted by Crippen LogP contribution is -2.29. The van der Waals surface area contributed by atoms with Gasteiger partial charge in [-0.05, 0) is 74.7 Å². The molecular formula is C34H35N3O6S2. The fourth-order valence-electron chi connectivity index (χ4n) is 4.86. The molecule has 0 bridgehead atoms. The van der Waals surface area contributed by atoms with E-state index in [1.807, 2.05) is 27.7 Å². The maximum atomic E-state index is 13.7. The zero-order valence-electron chi connectivity index (χ0n) is 25.6. The van der Waals surface area contributed by atoms with E-state index in [4.69, 9.17) is 14.2 Å². The van der Waals surface area contributed by atoms with E-state index in [-0.39, 0.29) is 16.5 Å². The number of aliphatic hydroxyl groups excluding tert-OH is 1. The van der Waals surface area contributed by atoms with Gasteiger partial charge in [0.25, 0.3) is 5.78 Å². The summed E-state index contributed by atoms with van der Waals surface area (Å²) in [7, 11) is 0. The average Bonchev–Trinajstić information content (AvgIpc) is 3.62. The number of hydrogen-bond donors (Lipinski definition) is 1. The van der Waals surface area contributed by atoms with Crippen LogP contribution in [0.3, 0.4) is 0 Å². The second-order valence-corrected chi connectivity index (χ2v) is 12.4. The van der Waals surface area contributed by atoms with Crippen LogP contribution in [0.25, 0.3) is 5.76 Å². The molecule has 1 aromatic heterocycles. The monoisotopic (exact) mass is 645 g/mol. The van der Waals surface area contributed by atoms with Gasteiger partial charge in [-0.25, -0.2) is 0 Å². The van der Waals surface area contributed by atoms with Gasteiger partial charge >= 0.3 is 5.91 Å². The van der Waals surface area contributed by atoms with Crippen molar-refractivity contribution in [3.05, 3.63) is 94.6 Å². The van der Waals surface area contributed by atoms with E-state index < -0.39 is 17.7 Å². The number of anilines is 1. The molecule has 0 spiro atoms. The number of aliphatic hydroxyl groups is 1. The third-order valence-electron chi connectivity index (χ3n) is 7.01. The number of rotatable bonds is 13. The summed E-state index contributed by atoms with van der Waals surface area (Å²) >= 11 is 2.72. The summed E-state index contributed by atoms with van der Waals surface area (Å²) in [5, 5.41) is 20.5. The van der Waals surface area contributed by atoms with E-state index in [0.717, 1.165) is 12.0 Å². The van der Waals surface area contributed by atoms with Crippen LogP contribution < -0.4 is 19.1 Å². The van der Waals surface area contributed by atoms with Gasteiger partial charge in [-0.15, -0.1) is 10.2 Å². The average molecular weight is 646 g/mol. The predicted octanol–water partition coefficient (Wildman–Crippen LogP) is 7.35. The van der Waals surface area contributed by atoms with E-state index >= 15 is 0 Å². The summed E-state index contributed by atoms with van der Waals surface area (Å²) in [6.07, 6.45) is 0.856. The summed E-state index contributed by atoms with van der Waals surface area (Å²) in [5.74, 6) is 0.393. The SMILES string of the molecule is CCCOc1ccc(/C(O)=C2\C(=O)C(=O)N(c3nnc(SCc4ccc(C)cc4)s3)C2c2ccc(OCC)c(OCC)c2)cc1. The number of benzene rings is 3. The Morgan fingerprint density at radius 2 is 1.62 bits per heavy atom. The fourth-order valence-corrected chi connectivity index (χ4v) is 6.68. The maximum Gasteiger partial charge on any atom is 0.301 e. The molecule has 45 heavy (non-hydrogen) atoms. The molecule has 4 aromatic rings. The number of carbonyl (C=O) groups excluding carboxylic acids is 2. The molecule has 0 radical (unpaired) electrons. The summed E-state index contributed by atoms with van der Waals surface area (Å²) in [4.78, 5) is 28.7. The van der Waals surface area contributed by atoms with Gasteiger partial charge in [-0.1, -0.05) is 65.9 Å². The van der Waals surface area contributed by atoms with Gasteiger partial charge < -0.3 is 19.3 Å². The van der Waals surface area contributed by atoms with Gasteiger partial charge in [0.15, 0.2) is 15.8 Å². The Balaban J connectivity index is 1.56. The summed E-state index contributed by atoms with van der Waals surface area (Å²) in [6, 6.07) is 19.3. The summed E-state index contributed by atoms with van der Waals surface area (Å²) < 4.78 is 17.9. The van der Waals surface area contributed by atoms with Crippen LogP contribution in [0.1, 0.15) is 55.5 Å². The van der Waals surface area contributed by atoms with Crippen molar-refractivity contribution in [3.63, 3.8) is 0 Å². The first kappa shape index (κ1) is 32.1. The first-order chi connectivity index (χ1) is 21.8. The smallest absolute Gasteiger partial charge is 0.301 e. The van der Waals surface area contributed by atoms with Crippen molar-refractivity contribution in [1.82, 2.24) is 10.2 Å². The molecule has 1 unspecified atom stereocenters. The molecule has 9 nitrogen and oxygen atoms in total. The van der Waals surface area contributed by atoms with Crippen LogP contribution in [0.2, 0.25) is 0 Å². The number of ketones is 1. The minimum absolute atomic E-state index is 0.0575. The highest BCUT2D eigenvalue weighted by molar-refractivity contribution is 8.00. The number of aromatic nitrogens is 2. The zero-order chi connectivity index (χ0) is 31.9. The van der Waals surface area contributed by atoms with Gasteiger partial charge in [0.05, 0.1) is 31.4 Å². The van der Waals surface area contributed by atoms with Crippen LogP contribution in [0.15, 0.2) is 76.6 Å². The van der Waals surface area contributed by atoms with Gasteiger partial charge in [0.1, 0.15) is 11.5 Å². The minimum atomic E-state index is -0.987. The topological polar surface area (TPSA) is 111 Å². The van der Waals surface area contributed by atoms with Crippen molar-refractivity contribution >= 4 is 45.7 Å². The van der Waals surface area contributed by atoms with E-state index in [0.29, 0.717) is 58.3 Å². The lowest BCUT2D eigenvalue weighted by atomic mass is 9.95. The molecule has 5 rings (SSSR count). The molecule has 2 heterocycles. The molecule has 1 aliphatic heterocycles. The van der Waals surface area contributed by atoms with E-state index in [1.165, 1.54) is 33.6 Å². The van der Waals surface area contributed by atoms with Crippen LogP contribution in [-0.2, 0) is 15.3 Å². The summed E-state index contributed by atoms with van der Waals surface area (Å²) in [5.41, 5.74) is 3.18. The summed E-state index contributed by atoms with van der Waals surface area (Å²) in [6.45, 7) is 9.17. The highest BCUT2D eigenvalue weighted by Gasteiger charge is 2.48. The highest BCUT2D eigenvalue weighted by Crippen LogP contribution is 2.45. The number of hydrogen-bond acceptors (Lipinski definition) is 10. The standard InChI is InChI=1S/C34H35N3O6S2/c1-5-18-43-25-15-12-23(13-16-25)30(38)28-29(24-14-17-26(41-6-2)27(19-24)42-7-3)37(32(40)31(28)39)33-35-36-34(45-33)44-20-22-10-8-21(4)9-11-22/h8-17,19,29,38H,5-7,18,20H2,1-4H3/b30-28+. The first-order valence-electron chi connectivity index (χ1n) is 14.8. The van der Waals surface area contributed by atoms with Gasteiger partial charge in [0, 0.05) is 11.3 Å². The molecule has 0 saturated carbocycles. The number of Topliss-reactive ketones (excluding diaryl/α,β-unsaturated/α-hetero) is 1. The molecule has 1 fully saturated rings. The Labute approximate surface area is 270 Å². The number of thioether (sulfide) groups is 1. The second-order valence-electron chi connectivity index (χ2n) is 10.2. The zero-order valence-corrected chi connectivity index (χ0v) is 27.2. The lowest BCUT2D eigenvalue weighted by Gasteiger charge is -2.23. The van der Waals surface area contributed by atoms with Gasteiger partial charge in [0.2, 0.25) is 5.13 Å². The molecular weight excluding hydrogens is 611 g/mol. The van der Waals surface area contributed by atoms with E-state index in [9.17, 15) is 14.7 Å². The Morgan fingerprint density at radius 1 is 0.911 bits per heavy atom. The van der Waals surface area contributed by atoms with E-state index in [1.54, 1.807) is 42.5 Å². The molecule has 1 atom stereocenters. The van der Waals surface area contributed by atoms with Crippen LogP contribution in [0.5, 0.6) is 17.2 Å². The number of aryl methyl sites for hydroxylation is 1. The van der Waals surface area contributed by atoms with Crippen molar-refractivity contribution in [3.8, 4) is 17.2 Å². The molecule has 1 amide bonds.